The van der Waals surface area contributed by atoms with Gasteiger partial charge in [0, 0.05) is 18.2 Å². The molecule has 84 valence electrons. The quantitative estimate of drug-likeness (QED) is 0.550. The van der Waals surface area contributed by atoms with Crippen molar-refractivity contribution in [3.8, 4) is 0 Å². The maximum Gasteiger partial charge on any atom is 0.191 e. The molecular weight excluding hydrogens is 206 g/mol. The molecule has 0 bridgehead atoms. The number of nitrogens with zero attached hydrogens (tertiary/aromatic N) is 3. The van der Waals surface area contributed by atoms with Gasteiger partial charge in [0.15, 0.2) is 5.16 Å². The Bertz CT molecular complexity index is 318. The minimum atomic E-state index is 0.706. The number of hydrogen-bond acceptors (Lipinski definition) is 3. The Hall–Kier alpha value is -0.510. The summed E-state index contributed by atoms with van der Waals surface area (Å²) in [4.78, 5) is 0. The number of aromatic nitrogens is 3. The summed E-state index contributed by atoms with van der Waals surface area (Å²) in [5.74, 6) is 3.09. The van der Waals surface area contributed by atoms with Gasteiger partial charge in [0.2, 0.25) is 0 Å². The average molecular weight is 225 g/mol. The van der Waals surface area contributed by atoms with Gasteiger partial charge in [-0.25, -0.2) is 0 Å². The van der Waals surface area contributed by atoms with Crippen molar-refractivity contribution in [1.82, 2.24) is 14.8 Å². The Morgan fingerprint density at radius 1 is 1.33 bits per heavy atom. The first kappa shape index (κ1) is 11.0. The van der Waals surface area contributed by atoms with Gasteiger partial charge in [0.25, 0.3) is 0 Å². The van der Waals surface area contributed by atoms with Crippen molar-refractivity contribution in [2.75, 3.05) is 5.75 Å². The van der Waals surface area contributed by atoms with Gasteiger partial charge in [0.05, 0.1) is 0 Å². The molecule has 3 nitrogen and oxygen atoms in total. The van der Waals surface area contributed by atoms with Gasteiger partial charge in [-0.1, -0.05) is 25.1 Å². The Labute approximate surface area is 95.7 Å². The Kier molecular flexibility index (Phi) is 3.67. The van der Waals surface area contributed by atoms with E-state index >= 15 is 0 Å². The fraction of sp³-hybridized carbons (Fsp3) is 0.818. The summed E-state index contributed by atoms with van der Waals surface area (Å²) >= 11 is 1.85. The van der Waals surface area contributed by atoms with Gasteiger partial charge in [-0.05, 0) is 26.2 Å². The molecular formula is C11H19N3S. The lowest BCUT2D eigenvalue weighted by molar-refractivity contribution is 0.643. The molecule has 1 aromatic heterocycles. The van der Waals surface area contributed by atoms with Crippen LogP contribution < -0.4 is 0 Å². The highest BCUT2D eigenvalue weighted by Crippen LogP contribution is 2.39. The lowest BCUT2D eigenvalue weighted by atomic mass is 10.4. The molecule has 0 N–H and O–H groups in total. The summed E-state index contributed by atoms with van der Waals surface area (Å²) < 4.78 is 2.29. The molecule has 0 atom stereocenters. The van der Waals surface area contributed by atoms with Crippen molar-refractivity contribution in [3.05, 3.63) is 5.82 Å². The van der Waals surface area contributed by atoms with E-state index in [1.807, 2.05) is 11.8 Å². The van der Waals surface area contributed by atoms with Gasteiger partial charge in [-0.15, -0.1) is 10.2 Å². The second-order valence-electron chi connectivity index (χ2n) is 4.06. The van der Waals surface area contributed by atoms with Crippen molar-refractivity contribution in [2.24, 2.45) is 0 Å². The van der Waals surface area contributed by atoms with Crippen LogP contribution in [0.4, 0.5) is 0 Å². The number of thioether (sulfide) groups is 1. The van der Waals surface area contributed by atoms with Crippen LogP contribution in [0.1, 0.15) is 51.3 Å². The number of hydrogen-bond donors (Lipinski definition) is 0. The summed E-state index contributed by atoms with van der Waals surface area (Å²) in [6.07, 6.45) is 5.12. The van der Waals surface area contributed by atoms with Crippen LogP contribution in [0, 0.1) is 0 Å². The summed E-state index contributed by atoms with van der Waals surface area (Å²) in [7, 11) is 0. The van der Waals surface area contributed by atoms with E-state index in [2.05, 4.69) is 28.6 Å². The molecule has 1 heterocycles. The molecule has 0 unspecified atom stereocenters. The zero-order valence-corrected chi connectivity index (χ0v) is 10.4. The standard InChI is InChI=1S/C11H19N3S/c1-3-5-8-15-11-13-12-10(9-6-7-9)14(11)4-2/h9H,3-8H2,1-2H3. The van der Waals surface area contributed by atoms with Crippen LogP contribution >= 0.6 is 11.8 Å². The summed E-state index contributed by atoms with van der Waals surface area (Å²) in [6, 6.07) is 0. The van der Waals surface area contributed by atoms with E-state index in [-0.39, 0.29) is 0 Å². The smallest absolute Gasteiger partial charge is 0.191 e. The Balaban J connectivity index is 2.02. The normalized spacial score (nSPS) is 15.9. The third-order valence-electron chi connectivity index (χ3n) is 2.73. The van der Waals surface area contributed by atoms with Gasteiger partial charge >= 0.3 is 0 Å². The number of rotatable bonds is 6. The molecule has 0 saturated heterocycles. The predicted octanol–water partition coefficient (Wildman–Crippen LogP) is 3.07. The molecule has 1 aliphatic rings. The fourth-order valence-corrected chi connectivity index (χ4v) is 2.75. The maximum atomic E-state index is 4.32. The Morgan fingerprint density at radius 2 is 2.13 bits per heavy atom. The lowest BCUT2D eigenvalue weighted by Gasteiger charge is -2.05. The topological polar surface area (TPSA) is 30.7 Å². The molecule has 1 fully saturated rings. The van der Waals surface area contributed by atoms with E-state index in [0.29, 0.717) is 5.92 Å². The Morgan fingerprint density at radius 3 is 2.73 bits per heavy atom. The van der Waals surface area contributed by atoms with E-state index in [1.54, 1.807) is 0 Å². The van der Waals surface area contributed by atoms with Crippen LogP contribution in [0.15, 0.2) is 5.16 Å². The van der Waals surface area contributed by atoms with Crippen molar-refractivity contribution >= 4 is 11.8 Å². The summed E-state index contributed by atoms with van der Waals surface area (Å²) in [5.41, 5.74) is 0. The second-order valence-corrected chi connectivity index (χ2v) is 5.12. The molecule has 0 amide bonds. The zero-order chi connectivity index (χ0) is 10.7. The zero-order valence-electron chi connectivity index (χ0n) is 9.57. The molecule has 15 heavy (non-hydrogen) atoms. The third-order valence-corrected chi connectivity index (χ3v) is 3.79. The molecule has 4 heteroatoms. The van der Waals surface area contributed by atoms with Gasteiger partial charge in [-0.3, -0.25) is 0 Å². The molecule has 0 radical (unpaired) electrons. The van der Waals surface area contributed by atoms with E-state index in [1.165, 1.54) is 37.3 Å². The largest absolute Gasteiger partial charge is 0.306 e. The van der Waals surface area contributed by atoms with Gasteiger partial charge in [0.1, 0.15) is 5.82 Å². The molecule has 2 rings (SSSR count). The van der Waals surface area contributed by atoms with Crippen LogP contribution in [0.3, 0.4) is 0 Å². The highest BCUT2D eigenvalue weighted by atomic mass is 32.2. The highest BCUT2D eigenvalue weighted by Gasteiger charge is 2.29. The molecule has 0 aromatic carbocycles. The van der Waals surface area contributed by atoms with Crippen molar-refractivity contribution in [3.63, 3.8) is 0 Å². The lowest BCUT2D eigenvalue weighted by Crippen LogP contribution is -2.02. The molecule has 1 saturated carbocycles. The summed E-state index contributed by atoms with van der Waals surface area (Å²) in [5, 5.41) is 9.73. The van der Waals surface area contributed by atoms with E-state index < -0.39 is 0 Å². The third kappa shape index (κ3) is 2.54. The van der Waals surface area contributed by atoms with E-state index in [4.69, 9.17) is 0 Å². The minimum Gasteiger partial charge on any atom is -0.306 e. The fourth-order valence-electron chi connectivity index (χ4n) is 1.66. The van der Waals surface area contributed by atoms with E-state index in [9.17, 15) is 0 Å². The first-order valence-electron chi connectivity index (χ1n) is 5.92. The van der Waals surface area contributed by atoms with Crippen molar-refractivity contribution in [2.45, 2.75) is 57.1 Å². The average Bonchev–Trinajstić information content (AvgIpc) is 3.01. The van der Waals surface area contributed by atoms with Crippen LogP contribution in [0.5, 0.6) is 0 Å². The van der Waals surface area contributed by atoms with E-state index in [0.717, 1.165) is 11.7 Å². The maximum absolute atomic E-state index is 4.32. The highest BCUT2D eigenvalue weighted by molar-refractivity contribution is 7.99. The van der Waals surface area contributed by atoms with Crippen molar-refractivity contribution in [1.29, 1.82) is 0 Å². The minimum absolute atomic E-state index is 0.706. The van der Waals surface area contributed by atoms with Gasteiger partial charge < -0.3 is 4.57 Å². The van der Waals surface area contributed by atoms with Crippen molar-refractivity contribution < 1.29 is 0 Å². The first-order valence-corrected chi connectivity index (χ1v) is 6.91. The first-order chi connectivity index (χ1) is 7.36. The molecule has 0 aliphatic heterocycles. The van der Waals surface area contributed by atoms with Crippen LogP contribution in [0.25, 0.3) is 0 Å². The van der Waals surface area contributed by atoms with Crippen LogP contribution in [0.2, 0.25) is 0 Å². The van der Waals surface area contributed by atoms with Crippen LogP contribution in [-0.4, -0.2) is 20.5 Å². The second kappa shape index (κ2) is 5.01. The summed E-state index contributed by atoms with van der Waals surface area (Å²) in [6.45, 7) is 5.41. The molecule has 0 spiro atoms. The van der Waals surface area contributed by atoms with Gasteiger partial charge in [-0.2, -0.15) is 0 Å². The predicted molar refractivity (Wildman–Crippen MR) is 63.3 cm³/mol. The SMILES string of the molecule is CCCCSc1nnc(C2CC2)n1CC. The molecule has 1 aliphatic carbocycles. The monoisotopic (exact) mass is 225 g/mol. The number of unbranched alkanes of at least 4 members (excludes halogenated alkanes) is 1. The molecule has 1 aromatic rings. The van der Waals surface area contributed by atoms with Crippen LogP contribution in [-0.2, 0) is 6.54 Å².